The Kier molecular flexibility index (Phi) is 2.65. The van der Waals surface area contributed by atoms with Gasteiger partial charge in [-0.15, -0.1) is 0 Å². The molecule has 1 aromatic heterocycles. The van der Waals surface area contributed by atoms with Crippen molar-refractivity contribution >= 4 is 23.3 Å². The third kappa shape index (κ3) is 1.92. The molecule has 3 aromatic rings. The van der Waals surface area contributed by atoms with Crippen LogP contribution in [0.2, 0.25) is 0 Å². The fraction of sp³-hybridized carbons (Fsp3) is 0. The van der Waals surface area contributed by atoms with E-state index in [0.29, 0.717) is 16.0 Å². The highest BCUT2D eigenvalue weighted by molar-refractivity contribution is 7.71. The number of imidazole rings is 1. The van der Waals surface area contributed by atoms with Gasteiger partial charge in [0.05, 0.1) is 28.4 Å². The minimum absolute atomic E-state index is 0.329. The minimum Gasteiger partial charge on any atom is -0.330 e. The Labute approximate surface area is 113 Å². The molecule has 0 saturated carbocycles. The van der Waals surface area contributed by atoms with Crippen molar-refractivity contribution in [1.82, 2.24) is 9.55 Å². The maximum atomic E-state index is 13.3. The first-order chi connectivity index (χ1) is 9.19. The lowest BCUT2D eigenvalue weighted by Gasteiger charge is -2.04. The molecule has 0 amide bonds. The van der Waals surface area contributed by atoms with Gasteiger partial charge in [0.2, 0.25) is 0 Å². The number of nitrogens with zero attached hydrogens (tertiary/aromatic N) is 2. The van der Waals surface area contributed by atoms with Crippen LogP contribution in [0.3, 0.4) is 0 Å². The number of nitriles is 1. The number of fused-ring (bicyclic) bond motifs is 1. The second-order valence-corrected chi connectivity index (χ2v) is 4.48. The van der Waals surface area contributed by atoms with E-state index in [2.05, 4.69) is 11.1 Å². The Hall–Kier alpha value is -2.45. The van der Waals surface area contributed by atoms with E-state index in [0.717, 1.165) is 11.0 Å². The lowest BCUT2D eigenvalue weighted by atomic mass is 10.2. The summed E-state index contributed by atoms with van der Waals surface area (Å²) in [5, 5.41) is 8.95. The number of benzene rings is 2. The molecule has 0 unspecified atom stereocenters. The van der Waals surface area contributed by atoms with Gasteiger partial charge in [0.25, 0.3) is 0 Å². The van der Waals surface area contributed by atoms with Crippen molar-refractivity contribution in [3.63, 3.8) is 0 Å². The lowest BCUT2D eigenvalue weighted by Crippen LogP contribution is -1.94. The first-order valence-electron chi connectivity index (χ1n) is 5.60. The molecule has 0 aliphatic rings. The average Bonchev–Trinajstić information content (AvgIpc) is 2.73. The number of nitrogens with one attached hydrogen (secondary N) is 1. The van der Waals surface area contributed by atoms with Gasteiger partial charge in [-0.25, -0.2) is 4.39 Å². The highest BCUT2D eigenvalue weighted by Crippen LogP contribution is 2.21. The number of hydrogen-bond donors (Lipinski definition) is 1. The summed E-state index contributed by atoms with van der Waals surface area (Å²) >= 11 is 5.26. The Morgan fingerprint density at radius 2 is 2.05 bits per heavy atom. The molecule has 0 bridgehead atoms. The van der Waals surface area contributed by atoms with Crippen LogP contribution in [0.1, 0.15) is 5.56 Å². The molecule has 3 rings (SSSR count). The monoisotopic (exact) mass is 269 g/mol. The van der Waals surface area contributed by atoms with Crippen LogP contribution in [-0.4, -0.2) is 9.55 Å². The van der Waals surface area contributed by atoms with Gasteiger partial charge in [-0.3, -0.25) is 4.57 Å². The third-order valence-corrected chi connectivity index (χ3v) is 3.16. The molecule has 0 aliphatic carbocycles. The number of hydrogen-bond acceptors (Lipinski definition) is 2. The van der Waals surface area contributed by atoms with Gasteiger partial charge in [-0.1, -0.05) is 6.07 Å². The van der Waals surface area contributed by atoms with Crippen molar-refractivity contribution in [2.45, 2.75) is 0 Å². The molecule has 1 heterocycles. The van der Waals surface area contributed by atoms with Gasteiger partial charge < -0.3 is 4.98 Å². The zero-order chi connectivity index (χ0) is 13.4. The molecule has 3 nitrogen and oxygen atoms in total. The van der Waals surface area contributed by atoms with Gasteiger partial charge in [0.15, 0.2) is 4.77 Å². The summed E-state index contributed by atoms with van der Waals surface area (Å²) in [6.45, 7) is 0. The SMILES string of the molecule is N#Cc1ccc2[nH]c(=S)n(-c3cccc(F)c3)c2c1. The Bertz CT molecular complexity index is 870. The van der Waals surface area contributed by atoms with Crippen LogP contribution in [0, 0.1) is 21.9 Å². The molecule has 19 heavy (non-hydrogen) atoms. The number of aromatic amines is 1. The van der Waals surface area contributed by atoms with E-state index < -0.39 is 0 Å². The normalized spacial score (nSPS) is 10.5. The van der Waals surface area contributed by atoms with E-state index in [1.54, 1.807) is 34.9 Å². The summed E-state index contributed by atoms with van der Waals surface area (Å²) in [6, 6.07) is 13.5. The predicted molar refractivity (Wildman–Crippen MR) is 73.1 cm³/mol. The van der Waals surface area contributed by atoms with Crippen molar-refractivity contribution in [1.29, 1.82) is 5.26 Å². The molecule has 5 heteroatoms. The van der Waals surface area contributed by atoms with Gasteiger partial charge in [0.1, 0.15) is 5.82 Å². The quantitative estimate of drug-likeness (QED) is 0.685. The molecule has 0 aliphatic heterocycles. The first-order valence-corrected chi connectivity index (χ1v) is 6.01. The zero-order valence-corrected chi connectivity index (χ0v) is 10.5. The average molecular weight is 269 g/mol. The number of H-pyrrole nitrogens is 1. The number of halogens is 1. The Balaban J connectivity index is 2.37. The molecule has 0 spiro atoms. The highest BCUT2D eigenvalue weighted by Gasteiger charge is 2.08. The van der Waals surface area contributed by atoms with Crippen LogP contribution in [0.25, 0.3) is 16.7 Å². The van der Waals surface area contributed by atoms with Gasteiger partial charge in [-0.05, 0) is 48.6 Å². The summed E-state index contributed by atoms with van der Waals surface area (Å²) in [4.78, 5) is 3.04. The zero-order valence-electron chi connectivity index (χ0n) is 9.72. The predicted octanol–water partition coefficient (Wildman–Crippen LogP) is 3.70. The highest BCUT2D eigenvalue weighted by atomic mass is 32.1. The van der Waals surface area contributed by atoms with E-state index in [9.17, 15) is 4.39 Å². The maximum Gasteiger partial charge on any atom is 0.182 e. The third-order valence-electron chi connectivity index (χ3n) is 2.88. The summed E-state index contributed by atoms with van der Waals surface area (Å²) in [5.74, 6) is -0.329. The minimum atomic E-state index is -0.329. The largest absolute Gasteiger partial charge is 0.330 e. The molecule has 0 saturated heterocycles. The smallest absolute Gasteiger partial charge is 0.182 e. The molecular weight excluding hydrogens is 261 g/mol. The van der Waals surface area contributed by atoms with E-state index in [4.69, 9.17) is 17.5 Å². The molecule has 1 N–H and O–H groups in total. The Morgan fingerprint density at radius 1 is 1.21 bits per heavy atom. The van der Waals surface area contributed by atoms with E-state index >= 15 is 0 Å². The number of aromatic nitrogens is 2. The van der Waals surface area contributed by atoms with E-state index in [-0.39, 0.29) is 5.82 Å². The number of rotatable bonds is 1. The summed E-state index contributed by atoms with van der Waals surface area (Å²) in [5.41, 5.74) is 2.74. The van der Waals surface area contributed by atoms with Crippen LogP contribution < -0.4 is 0 Å². The second kappa shape index (κ2) is 4.34. The van der Waals surface area contributed by atoms with E-state index in [1.165, 1.54) is 12.1 Å². The summed E-state index contributed by atoms with van der Waals surface area (Å²) in [7, 11) is 0. The van der Waals surface area contributed by atoms with Gasteiger partial charge >= 0.3 is 0 Å². The maximum absolute atomic E-state index is 13.3. The molecule has 92 valence electrons. The van der Waals surface area contributed by atoms with E-state index in [1.807, 2.05) is 0 Å². The van der Waals surface area contributed by atoms with Crippen LogP contribution in [0.5, 0.6) is 0 Å². The van der Waals surface area contributed by atoms with Crippen LogP contribution in [0.4, 0.5) is 4.39 Å². The van der Waals surface area contributed by atoms with Crippen molar-refractivity contribution in [2.24, 2.45) is 0 Å². The fourth-order valence-corrected chi connectivity index (χ4v) is 2.36. The molecule has 2 aromatic carbocycles. The standard InChI is InChI=1S/C14H8FN3S/c15-10-2-1-3-11(7-10)18-13-6-9(8-16)4-5-12(13)17-14(18)19/h1-7H,(H,17,19). The first kappa shape index (κ1) is 11.6. The van der Waals surface area contributed by atoms with Gasteiger partial charge in [0, 0.05) is 0 Å². The summed E-state index contributed by atoms with van der Waals surface area (Å²) < 4.78 is 15.5. The van der Waals surface area contributed by atoms with Crippen molar-refractivity contribution in [3.8, 4) is 11.8 Å². The van der Waals surface area contributed by atoms with Crippen molar-refractivity contribution in [3.05, 3.63) is 58.6 Å². The molecule has 0 atom stereocenters. The fourth-order valence-electron chi connectivity index (χ4n) is 2.04. The van der Waals surface area contributed by atoms with Crippen LogP contribution in [-0.2, 0) is 0 Å². The van der Waals surface area contributed by atoms with Crippen molar-refractivity contribution < 1.29 is 4.39 Å². The second-order valence-electron chi connectivity index (χ2n) is 4.09. The van der Waals surface area contributed by atoms with Gasteiger partial charge in [-0.2, -0.15) is 5.26 Å². The van der Waals surface area contributed by atoms with Crippen molar-refractivity contribution in [2.75, 3.05) is 0 Å². The summed E-state index contributed by atoms with van der Waals surface area (Å²) in [6.07, 6.45) is 0. The van der Waals surface area contributed by atoms with Crippen LogP contribution in [0.15, 0.2) is 42.5 Å². The molecule has 0 radical (unpaired) electrons. The van der Waals surface area contributed by atoms with Crippen LogP contribution >= 0.6 is 12.2 Å². The topological polar surface area (TPSA) is 44.5 Å². The molecule has 0 fully saturated rings. The lowest BCUT2D eigenvalue weighted by molar-refractivity contribution is 0.626. The molecular formula is C14H8FN3S. The Morgan fingerprint density at radius 3 is 2.79 bits per heavy atom.